The Hall–Kier alpha value is -1.10. The molecule has 1 heterocycles. The Morgan fingerprint density at radius 1 is 1.73 bits per heavy atom. The third-order valence-corrected chi connectivity index (χ3v) is 1.47. The molecular weight excluding hydrogens is 144 g/mol. The predicted molar refractivity (Wildman–Crippen MR) is 41.0 cm³/mol. The highest BCUT2D eigenvalue weighted by atomic mass is 16.1. The molecule has 5 heteroatoms. The molecule has 0 aliphatic carbocycles. The standard InChI is InChI=1S/C6H12N4O/c1-2-3-4(7)5-8-6(11)10-9-5/h4H,2-3,7H2,1H3,(H2,8,9,10,11)/t4-/m0/s1. The largest absolute Gasteiger partial charge is 0.340 e. The van der Waals surface area contributed by atoms with Crippen LogP contribution < -0.4 is 11.4 Å². The van der Waals surface area contributed by atoms with Crippen LogP contribution in [-0.2, 0) is 0 Å². The van der Waals surface area contributed by atoms with E-state index in [-0.39, 0.29) is 11.7 Å². The van der Waals surface area contributed by atoms with Crippen LogP contribution in [0.15, 0.2) is 4.79 Å². The fourth-order valence-corrected chi connectivity index (χ4v) is 0.907. The van der Waals surface area contributed by atoms with Gasteiger partial charge in [-0.3, -0.25) is 4.98 Å². The summed E-state index contributed by atoms with van der Waals surface area (Å²) in [6, 6.07) is -0.154. The van der Waals surface area contributed by atoms with Gasteiger partial charge in [-0.25, -0.2) is 9.89 Å². The van der Waals surface area contributed by atoms with E-state index in [0.717, 1.165) is 12.8 Å². The zero-order chi connectivity index (χ0) is 8.27. The summed E-state index contributed by atoms with van der Waals surface area (Å²) in [5.41, 5.74) is 5.37. The molecule has 0 fully saturated rings. The van der Waals surface area contributed by atoms with Crippen LogP contribution >= 0.6 is 0 Å². The van der Waals surface area contributed by atoms with E-state index in [1.54, 1.807) is 0 Å². The van der Waals surface area contributed by atoms with Gasteiger partial charge in [0.1, 0.15) is 5.82 Å². The summed E-state index contributed by atoms with van der Waals surface area (Å²) in [5, 5.41) is 5.98. The van der Waals surface area contributed by atoms with E-state index in [1.807, 2.05) is 6.92 Å². The molecule has 62 valence electrons. The average molecular weight is 156 g/mol. The normalized spacial score (nSPS) is 13.3. The Morgan fingerprint density at radius 3 is 2.91 bits per heavy atom. The van der Waals surface area contributed by atoms with Crippen molar-refractivity contribution in [3.63, 3.8) is 0 Å². The van der Waals surface area contributed by atoms with Crippen LogP contribution in [0.5, 0.6) is 0 Å². The molecular formula is C6H12N4O. The highest BCUT2D eigenvalue weighted by Gasteiger charge is 2.07. The van der Waals surface area contributed by atoms with Gasteiger partial charge in [0.25, 0.3) is 0 Å². The quantitative estimate of drug-likeness (QED) is 0.571. The number of H-pyrrole nitrogens is 2. The van der Waals surface area contributed by atoms with E-state index in [2.05, 4.69) is 15.2 Å². The van der Waals surface area contributed by atoms with Crippen LogP contribution in [0.25, 0.3) is 0 Å². The van der Waals surface area contributed by atoms with Crippen molar-refractivity contribution in [3.8, 4) is 0 Å². The van der Waals surface area contributed by atoms with Crippen LogP contribution in [0.3, 0.4) is 0 Å². The van der Waals surface area contributed by atoms with Crippen molar-refractivity contribution in [2.75, 3.05) is 0 Å². The van der Waals surface area contributed by atoms with Gasteiger partial charge in [0, 0.05) is 0 Å². The number of nitrogens with zero attached hydrogens (tertiary/aromatic N) is 1. The first-order valence-electron chi connectivity index (χ1n) is 3.64. The molecule has 1 atom stereocenters. The van der Waals surface area contributed by atoms with Crippen LogP contribution in [0.1, 0.15) is 31.6 Å². The molecule has 1 rings (SSSR count). The summed E-state index contributed by atoms with van der Waals surface area (Å²) in [6.07, 6.45) is 1.82. The minimum absolute atomic E-state index is 0.154. The van der Waals surface area contributed by atoms with E-state index in [1.165, 1.54) is 0 Å². The SMILES string of the molecule is CCC[C@H](N)c1n[nH]c(=O)[nH]1. The number of nitrogens with one attached hydrogen (secondary N) is 2. The molecule has 0 spiro atoms. The number of aromatic amines is 2. The second-order valence-electron chi connectivity index (χ2n) is 2.46. The van der Waals surface area contributed by atoms with Crippen LogP contribution in [0, 0.1) is 0 Å². The van der Waals surface area contributed by atoms with Gasteiger partial charge < -0.3 is 5.73 Å². The Balaban J connectivity index is 2.68. The molecule has 0 saturated carbocycles. The fourth-order valence-electron chi connectivity index (χ4n) is 0.907. The molecule has 0 unspecified atom stereocenters. The van der Waals surface area contributed by atoms with Gasteiger partial charge >= 0.3 is 5.69 Å². The van der Waals surface area contributed by atoms with E-state index in [9.17, 15) is 4.79 Å². The molecule has 1 aromatic rings. The van der Waals surface area contributed by atoms with Gasteiger partial charge in [-0.1, -0.05) is 13.3 Å². The Kier molecular flexibility index (Phi) is 2.43. The van der Waals surface area contributed by atoms with Gasteiger partial charge in [0.15, 0.2) is 0 Å². The first kappa shape index (κ1) is 8.00. The molecule has 0 saturated heterocycles. The second kappa shape index (κ2) is 3.34. The zero-order valence-electron chi connectivity index (χ0n) is 6.42. The van der Waals surface area contributed by atoms with Crippen molar-refractivity contribution in [3.05, 3.63) is 16.3 Å². The van der Waals surface area contributed by atoms with E-state index < -0.39 is 0 Å². The summed E-state index contributed by atoms with van der Waals surface area (Å²) in [4.78, 5) is 13.1. The van der Waals surface area contributed by atoms with Gasteiger partial charge in [-0.15, -0.1) is 0 Å². The zero-order valence-corrected chi connectivity index (χ0v) is 6.42. The lowest BCUT2D eigenvalue weighted by atomic mass is 10.2. The van der Waals surface area contributed by atoms with Gasteiger partial charge in [-0.05, 0) is 6.42 Å². The van der Waals surface area contributed by atoms with Crippen LogP contribution in [-0.4, -0.2) is 15.2 Å². The molecule has 0 aliphatic rings. The van der Waals surface area contributed by atoms with Crippen LogP contribution in [0.2, 0.25) is 0 Å². The van der Waals surface area contributed by atoms with Crippen molar-refractivity contribution in [2.45, 2.75) is 25.8 Å². The smallest absolute Gasteiger partial charge is 0.321 e. The summed E-state index contributed by atoms with van der Waals surface area (Å²) in [5.74, 6) is 0.539. The lowest BCUT2D eigenvalue weighted by Gasteiger charge is -2.03. The summed E-state index contributed by atoms with van der Waals surface area (Å²) in [6.45, 7) is 2.03. The average Bonchev–Trinajstić information content (AvgIpc) is 2.36. The maximum atomic E-state index is 10.6. The highest BCUT2D eigenvalue weighted by Crippen LogP contribution is 2.07. The number of nitrogens with two attached hydrogens (primary N) is 1. The molecule has 0 amide bonds. The minimum atomic E-state index is -0.299. The molecule has 0 radical (unpaired) electrons. The maximum absolute atomic E-state index is 10.6. The third-order valence-electron chi connectivity index (χ3n) is 1.47. The van der Waals surface area contributed by atoms with Crippen molar-refractivity contribution < 1.29 is 0 Å². The van der Waals surface area contributed by atoms with E-state index >= 15 is 0 Å². The van der Waals surface area contributed by atoms with Crippen molar-refractivity contribution in [1.82, 2.24) is 15.2 Å². The molecule has 4 N–H and O–H groups in total. The van der Waals surface area contributed by atoms with E-state index in [4.69, 9.17) is 5.73 Å². The monoisotopic (exact) mass is 156 g/mol. The number of aromatic nitrogens is 3. The predicted octanol–water partition coefficient (Wildman–Crippen LogP) is -0.102. The van der Waals surface area contributed by atoms with Gasteiger partial charge in [0.05, 0.1) is 6.04 Å². The molecule has 0 aliphatic heterocycles. The highest BCUT2D eigenvalue weighted by molar-refractivity contribution is 4.88. The minimum Gasteiger partial charge on any atom is -0.321 e. The van der Waals surface area contributed by atoms with Gasteiger partial charge in [0.2, 0.25) is 0 Å². The Bertz CT molecular complexity index is 264. The molecule has 5 nitrogen and oxygen atoms in total. The molecule has 0 bridgehead atoms. The van der Waals surface area contributed by atoms with E-state index in [0.29, 0.717) is 5.82 Å². The Labute approximate surface area is 64.0 Å². The molecule has 1 aromatic heterocycles. The topological polar surface area (TPSA) is 87.6 Å². The van der Waals surface area contributed by atoms with Crippen LogP contribution in [0.4, 0.5) is 0 Å². The number of hydrogen-bond acceptors (Lipinski definition) is 3. The van der Waals surface area contributed by atoms with Gasteiger partial charge in [-0.2, -0.15) is 5.10 Å². The number of hydrogen-bond donors (Lipinski definition) is 3. The fraction of sp³-hybridized carbons (Fsp3) is 0.667. The summed E-state index contributed by atoms with van der Waals surface area (Å²) < 4.78 is 0. The molecule has 11 heavy (non-hydrogen) atoms. The number of rotatable bonds is 3. The lowest BCUT2D eigenvalue weighted by molar-refractivity contribution is 0.604. The third kappa shape index (κ3) is 1.91. The second-order valence-corrected chi connectivity index (χ2v) is 2.46. The Morgan fingerprint density at radius 2 is 2.45 bits per heavy atom. The van der Waals surface area contributed by atoms with Crippen molar-refractivity contribution in [2.24, 2.45) is 5.73 Å². The van der Waals surface area contributed by atoms with Crippen molar-refractivity contribution >= 4 is 0 Å². The molecule has 0 aromatic carbocycles. The lowest BCUT2D eigenvalue weighted by Crippen LogP contribution is -2.12. The van der Waals surface area contributed by atoms with Crippen molar-refractivity contribution in [1.29, 1.82) is 0 Å². The first-order valence-corrected chi connectivity index (χ1v) is 3.64. The summed E-state index contributed by atoms with van der Waals surface area (Å²) in [7, 11) is 0. The maximum Gasteiger partial charge on any atom is 0.340 e. The first-order chi connectivity index (χ1) is 5.24. The summed E-state index contributed by atoms with van der Waals surface area (Å²) >= 11 is 0.